The first kappa shape index (κ1) is 27.6. The smallest absolute Gasteiger partial charge is 0.266 e. The van der Waals surface area contributed by atoms with Gasteiger partial charge in [0.15, 0.2) is 0 Å². The van der Waals surface area contributed by atoms with E-state index in [1.807, 2.05) is 12.1 Å². The maximum Gasteiger partial charge on any atom is 0.266 e. The summed E-state index contributed by atoms with van der Waals surface area (Å²) in [6.07, 6.45) is 0. The number of rotatable bonds is 2. The van der Waals surface area contributed by atoms with E-state index in [1.54, 1.807) is 0 Å². The van der Waals surface area contributed by atoms with Crippen LogP contribution in [-0.2, 0) is 0 Å². The average molecular weight is 690 g/mol. The fourth-order valence-corrected chi connectivity index (χ4v) is 10.1. The number of anilines is 6. The first-order valence-corrected chi connectivity index (χ1v) is 18.4. The number of benzene rings is 8. The highest BCUT2D eigenvalue weighted by molar-refractivity contribution is 7.02. The average Bonchev–Trinajstić information content (AvgIpc) is 3.21. The fourth-order valence-electron chi connectivity index (χ4n) is 10.1. The molecule has 6 nitrogen and oxygen atoms in total. The first-order valence-electron chi connectivity index (χ1n) is 18.4. The quantitative estimate of drug-likeness (QED) is 0.172. The predicted octanol–water partition coefficient (Wildman–Crippen LogP) is 7.86. The number of ether oxygens (including phenoxy) is 4. The van der Waals surface area contributed by atoms with Crippen molar-refractivity contribution < 1.29 is 18.9 Å². The van der Waals surface area contributed by atoms with Crippen molar-refractivity contribution in [3.63, 3.8) is 0 Å². The van der Waals surface area contributed by atoms with Gasteiger partial charge in [0.05, 0.1) is 5.39 Å². The van der Waals surface area contributed by atoms with E-state index in [-0.39, 0.29) is 13.4 Å². The Bertz CT molecular complexity index is 2840. The molecule has 0 spiro atoms. The van der Waals surface area contributed by atoms with Crippen LogP contribution in [0.5, 0.6) is 46.0 Å². The summed E-state index contributed by atoms with van der Waals surface area (Å²) in [4.78, 5) is 4.75. The van der Waals surface area contributed by atoms with Gasteiger partial charge in [-0.15, -0.1) is 0 Å². The zero-order valence-corrected chi connectivity index (χ0v) is 28.5. The Hall–Kier alpha value is -7.05. The van der Waals surface area contributed by atoms with Crippen LogP contribution in [0.1, 0.15) is 0 Å². The van der Waals surface area contributed by atoms with Gasteiger partial charge in [-0.3, -0.25) is 0 Å². The van der Waals surface area contributed by atoms with Gasteiger partial charge in [-0.1, -0.05) is 60.7 Å². The molecule has 0 fully saturated rings. The number of hydrogen-bond donors (Lipinski definition) is 0. The third kappa shape index (κ3) is 3.19. The second-order valence-electron chi connectivity index (χ2n) is 14.7. The monoisotopic (exact) mass is 690 g/mol. The second kappa shape index (κ2) is 9.48. The molecule has 6 aliphatic heterocycles. The topological polar surface area (TPSA) is 43.4 Å². The molecule has 0 bridgehead atoms. The zero-order chi connectivity index (χ0) is 34.8. The van der Waals surface area contributed by atoms with Crippen LogP contribution < -0.4 is 61.5 Å². The van der Waals surface area contributed by atoms with Gasteiger partial charge in [0.1, 0.15) is 46.0 Å². The predicted molar refractivity (Wildman–Crippen MR) is 216 cm³/mol. The standard InChI is InChI=1S/C46H24B2N2O4/c1-3-11-26(12-4-1)49-28-15-7-17-32-39(28)47-41-30(49)23-25-24-31-42-46(38(25)45(41)53-36-21-9-19-34(51-32)43(36)47)54-37-22-10-20-35-44(37)48(42)40-29(16-8-18-33(40)52-35)50(31)27-13-5-2-6-14-27/h1-24H. The number of nitrogens with zero attached hydrogens (tertiary/aromatic N) is 2. The van der Waals surface area contributed by atoms with E-state index in [0.717, 1.165) is 124 Å². The summed E-state index contributed by atoms with van der Waals surface area (Å²) in [7, 11) is 0. The lowest BCUT2D eigenvalue weighted by atomic mass is 9.32. The van der Waals surface area contributed by atoms with E-state index >= 15 is 0 Å². The van der Waals surface area contributed by atoms with Crippen molar-refractivity contribution in [2.24, 2.45) is 0 Å². The molecular formula is C46H24B2N2O4. The lowest BCUT2D eigenvalue weighted by molar-refractivity contribution is 0.459. The van der Waals surface area contributed by atoms with Crippen molar-refractivity contribution in [1.29, 1.82) is 0 Å². The van der Waals surface area contributed by atoms with Crippen LogP contribution in [0.25, 0.3) is 10.8 Å². The molecule has 8 aromatic rings. The van der Waals surface area contributed by atoms with Gasteiger partial charge in [-0.2, -0.15) is 0 Å². The van der Waals surface area contributed by atoms with Crippen molar-refractivity contribution in [2.45, 2.75) is 0 Å². The molecule has 248 valence electrons. The highest BCUT2D eigenvalue weighted by Gasteiger charge is 2.51. The summed E-state index contributed by atoms with van der Waals surface area (Å²) in [5.74, 6) is 6.69. The number of hydrogen-bond acceptors (Lipinski definition) is 6. The van der Waals surface area contributed by atoms with E-state index in [1.165, 1.54) is 0 Å². The molecule has 8 aromatic carbocycles. The highest BCUT2D eigenvalue weighted by Crippen LogP contribution is 2.53. The summed E-state index contributed by atoms with van der Waals surface area (Å²) in [6, 6.07) is 51.1. The van der Waals surface area contributed by atoms with E-state index in [2.05, 4.69) is 143 Å². The molecule has 0 unspecified atom stereocenters. The molecule has 6 aliphatic rings. The van der Waals surface area contributed by atoms with Gasteiger partial charge in [-0.05, 0) is 112 Å². The summed E-state index contributed by atoms with van der Waals surface area (Å²) in [5, 5.41) is 2.01. The minimum atomic E-state index is -0.0822. The Labute approximate surface area is 310 Å². The molecule has 0 atom stereocenters. The molecule has 14 rings (SSSR count). The normalized spacial score (nSPS) is 14.7. The third-order valence-corrected chi connectivity index (χ3v) is 12.1. The Morgan fingerprint density at radius 2 is 0.722 bits per heavy atom. The minimum Gasteiger partial charge on any atom is -0.458 e. The van der Waals surface area contributed by atoms with Crippen LogP contribution >= 0.6 is 0 Å². The Balaban J connectivity index is 1.16. The zero-order valence-electron chi connectivity index (χ0n) is 28.5. The molecule has 54 heavy (non-hydrogen) atoms. The molecule has 0 saturated heterocycles. The molecule has 8 heteroatoms. The lowest BCUT2D eigenvalue weighted by Gasteiger charge is -2.45. The van der Waals surface area contributed by atoms with E-state index in [4.69, 9.17) is 18.9 Å². The molecule has 0 amide bonds. The maximum atomic E-state index is 7.22. The van der Waals surface area contributed by atoms with Crippen molar-refractivity contribution in [3.8, 4) is 46.0 Å². The number of fused-ring (bicyclic) bond motifs is 3. The van der Waals surface area contributed by atoms with E-state index < -0.39 is 0 Å². The van der Waals surface area contributed by atoms with E-state index in [0.29, 0.717) is 0 Å². The molecule has 0 saturated carbocycles. The Morgan fingerprint density at radius 1 is 0.333 bits per heavy atom. The minimum absolute atomic E-state index is 0.0822. The summed E-state index contributed by atoms with van der Waals surface area (Å²) < 4.78 is 27.8. The van der Waals surface area contributed by atoms with E-state index in [9.17, 15) is 0 Å². The first-order chi connectivity index (χ1) is 26.8. The maximum absolute atomic E-state index is 7.22. The van der Waals surface area contributed by atoms with Crippen molar-refractivity contribution >= 4 is 91.1 Å². The van der Waals surface area contributed by atoms with Crippen LogP contribution in [0.4, 0.5) is 34.1 Å². The van der Waals surface area contributed by atoms with Crippen LogP contribution in [-0.4, -0.2) is 13.4 Å². The molecule has 0 aromatic heterocycles. The molecule has 6 heterocycles. The van der Waals surface area contributed by atoms with Crippen LogP contribution in [0, 0.1) is 0 Å². The van der Waals surface area contributed by atoms with Crippen LogP contribution in [0.2, 0.25) is 0 Å². The van der Waals surface area contributed by atoms with Crippen LogP contribution in [0.3, 0.4) is 0 Å². The van der Waals surface area contributed by atoms with Gasteiger partial charge in [0.2, 0.25) is 0 Å². The largest absolute Gasteiger partial charge is 0.458 e. The highest BCUT2D eigenvalue weighted by atomic mass is 16.5. The summed E-state index contributed by atoms with van der Waals surface area (Å²) in [6.45, 7) is -0.164. The lowest BCUT2D eigenvalue weighted by Crippen LogP contribution is -2.62. The second-order valence-corrected chi connectivity index (χ2v) is 14.7. The van der Waals surface area contributed by atoms with Gasteiger partial charge in [0, 0.05) is 45.0 Å². The van der Waals surface area contributed by atoms with Gasteiger partial charge < -0.3 is 28.7 Å². The molecular weight excluding hydrogens is 666 g/mol. The third-order valence-electron chi connectivity index (χ3n) is 12.1. The van der Waals surface area contributed by atoms with Crippen LogP contribution in [0.15, 0.2) is 146 Å². The molecule has 0 radical (unpaired) electrons. The Kier molecular flexibility index (Phi) is 4.84. The van der Waals surface area contributed by atoms with Crippen molar-refractivity contribution in [1.82, 2.24) is 0 Å². The van der Waals surface area contributed by atoms with Gasteiger partial charge >= 0.3 is 0 Å². The van der Waals surface area contributed by atoms with Crippen molar-refractivity contribution in [3.05, 3.63) is 146 Å². The Morgan fingerprint density at radius 3 is 1.17 bits per heavy atom. The van der Waals surface area contributed by atoms with Crippen molar-refractivity contribution in [2.75, 3.05) is 9.80 Å². The SMILES string of the molecule is c1ccc(N2c3cccc4c3B3c5c(cccc5Oc5c3c2cc2cc3c6c(c52)Oc2cccc5c2B6c2c(cccc2N3c2ccccc2)O5)O4)cc1. The van der Waals surface area contributed by atoms with Gasteiger partial charge in [-0.25, -0.2) is 0 Å². The summed E-state index contributed by atoms with van der Waals surface area (Å²) in [5.41, 5.74) is 13.2. The van der Waals surface area contributed by atoms with Gasteiger partial charge in [0.25, 0.3) is 13.4 Å². The molecule has 0 N–H and O–H groups in total. The molecule has 0 aliphatic carbocycles. The number of para-hydroxylation sites is 2. The summed E-state index contributed by atoms with van der Waals surface area (Å²) >= 11 is 0. The fraction of sp³-hybridized carbons (Fsp3) is 0.